The minimum atomic E-state index is -1.07. The van der Waals surface area contributed by atoms with Gasteiger partial charge < -0.3 is 24.8 Å². The summed E-state index contributed by atoms with van der Waals surface area (Å²) in [5.74, 6) is 0. The zero-order valence-corrected chi connectivity index (χ0v) is 19.9. The standard InChI is InChI=1S/C24H46O5S/c1-2-3-4-5-6-7-8-9-10-11-12-13-14-15-16-17-22(30)29-24-20(26)19-28-21(18-25)23(24)27/h20-21,23-27H,2-19H2,1H3/t20-,21+,23+,24+/m1/s1. The SMILES string of the molecule is CCCCCCCCCCCCCCCCCC(=S)O[C@@H]1[C@@H](O)[C@H](CO)OC[C@H]1O. The summed E-state index contributed by atoms with van der Waals surface area (Å²) < 4.78 is 10.8. The van der Waals surface area contributed by atoms with E-state index in [0.29, 0.717) is 11.5 Å². The zero-order valence-electron chi connectivity index (χ0n) is 19.1. The highest BCUT2D eigenvalue weighted by Gasteiger charge is 2.40. The summed E-state index contributed by atoms with van der Waals surface area (Å²) in [6, 6.07) is 0. The molecule has 5 nitrogen and oxygen atoms in total. The van der Waals surface area contributed by atoms with Crippen LogP contribution >= 0.6 is 12.2 Å². The first kappa shape index (κ1) is 27.8. The van der Waals surface area contributed by atoms with E-state index in [4.69, 9.17) is 21.7 Å². The van der Waals surface area contributed by atoms with Gasteiger partial charge in [0, 0.05) is 6.42 Å². The van der Waals surface area contributed by atoms with Gasteiger partial charge in [0.25, 0.3) is 0 Å². The van der Waals surface area contributed by atoms with Crippen molar-refractivity contribution < 1.29 is 24.8 Å². The molecule has 1 rings (SSSR count). The van der Waals surface area contributed by atoms with Gasteiger partial charge in [-0.1, -0.05) is 96.8 Å². The van der Waals surface area contributed by atoms with E-state index < -0.39 is 24.4 Å². The number of hydrogen-bond acceptors (Lipinski definition) is 6. The van der Waals surface area contributed by atoms with Gasteiger partial charge in [-0.25, -0.2) is 0 Å². The first-order valence-corrected chi connectivity index (χ1v) is 12.8. The molecule has 6 heteroatoms. The van der Waals surface area contributed by atoms with Crippen molar-refractivity contribution in [3.05, 3.63) is 0 Å². The Labute approximate surface area is 189 Å². The molecular weight excluding hydrogens is 400 g/mol. The van der Waals surface area contributed by atoms with Gasteiger partial charge in [-0.3, -0.25) is 0 Å². The summed E-state index contributed by atoms with van der Waals surface area (Å²) in [4.78, 5) is 0. The maximum absolute atomic E-state index is 10.1. The molecule has 0 unspecified atom stereocenters. The van der Waals surface area contributed by atoms with Crippen molar-refractivity contribution in [1.29, 1.82) is 0 Å². The van der Waals surface area contributed by atoms with Crippen molar-refractivity contribution in [2.45, 2.75) is 134 Å². The molecule has 0 aromatic carbocycles. The van der Waals surface area contributed by atoms with Crippen molar-refractivity contribution in [2.75, 3.05) is 13.2 Å². The number of unbranched alkanes of at least 4 members (excludes halogenated alkanes) is 14. The molecule has 1 aliphatic heterocycles. The molecule has 3 N–H and O–H groups in total. The minimum Gasteiger partial charge on any atom is -0.478 e. The van der Waals surface area contributed by atoms with Gasteiger partial charge in [-0.05, 0) is 18.6 Å². The molecule has 0 saturated carbocycles. The molecule has 0 aromatic rings. The fraction of sp³-hybridized carbons (Fsp3) is 0.958. The molecule has 1 saturated heterocycles. The van der Waals surface area contributed by atoms with E-state index in [1.807, 2.05) is 0 Å². The van der Waals surface area contributed by atoms with Crippen LogP contribution in [0.5, 0.6) is 0 Å². The summed E-state index contributed by atoms with van der Waals surface area (Å²) in [6.07, 6.45) is 16.9. The van der Waals surface area contributed by atoms with E-state index in [2.05, 4.69) is 6.92 Å². The van der Waals surface area contributed by atoms with E-state index >= 15 is 0 Å². The van der Waals surface area contributed by atoms with Crippen LogP contribution in [0, 0.1) is 0 Å². The Hall–Kier alpha value is -0.270. The smallest absolute Gasteiger partial charge is 0.160 e. The van der Waals surface area contributed by atoms with E-state index in [1.54, 1.807) is 0 Å². The van der Waals surface area contributed by atoms with Gasteiger partial charge in [0.05, 0.1) is 13.2 Å². The lowest BCUT2D eigenvalue weighted by Crippen LogP contribution is -2.55. The number of thiocarbonyl (C=S) groups is 1. The molecule has 0 bridgehead atoms. The largest absolute Gasteiger partial charge is 0.478 e. The minimum absolute atomic E-state index is 0.0362. The maximum Gasteiger partial charge on any atom is 0.160 e. The second-order valence-electron chi connectivity index (χ2n) is 8.77. The summed E-state index contributed by atoms with van der Waals surface area (Å²) in [6.45, 7) is 2.00. The lowest BCUT2D eigenvalue weighted by Gasteiger charge is -2.37. The molecular formula is C24H46O5S. The fourth-order valence-electron chi connectivity index (χ4n) is 4.02. The molecule has 1 aliphatic rings. The normalized spacial score (nSPS) is 24.1. The Kier molecular flexibility index (Phi) is 17.0. The van der Waals surface area contributed by atoms with Crippen LogP contribution in [0.4, 0.5) is 0 Å². The highest BCUT2D eigenvalue weighted by atomic mass is 32.1. The summed E-state index contributed by atoms with van der Waals surface area (Å²) in [5.41, 5.74) is 0. The van der Waals surface area contributed by atoms with E-state index in [-0.39, 0.29) is 13.2 Å². The Morgan fingerprint density at radius 1 is 0.833 bits per heavy atom. The molecule has 0 aliphatic carbocycles. The lowest BCUT2D eigenvalue weighted by atomic mass is 10.0. The number of hydrogen-bond donors (Lipinski definition) is 3. The van der Waals surface area contributed by atoms with Crippen LogP contribution in [0.15, 0.2) is 0 Å². The number of ether oxygens (including phenoxy) is 2. The zero-order chi connectivity index (χ0) is 22.0. The molecule has 0 amide bonds. The predicted octanol–water partition coefficient (Wildman–Crippen LogP) is 5.07. The number of aliphatic hydroxyl groups excluding tert-OH is 3. The monoisotopic (exact) mass is 446 g/mol. The topological polar surface area (TPSA) is 79.2 Å². The van der Waals surface area contributed by atoms with Crippen LogP contribution in [0.3, 0.4) is 0 Å². The van der Waals surface area contributed by atoms with Crippen molar-refractivity contribution in [3.63, 3.8) is 0 Å². The fourth-order valence-corrected chi connectivity index (χ4v) is 4.27. The Morgan fingerprint density at radius 2 is 1.30 bits per heavy atom. The number of rotatable bonds is 18. The van der Waals surface area contributed by atoms with E-state index in [1.165, 1.54) is 83.5 Å². The second kappa shape index (κ2) is 18.3. The van der Waals surface area contributed by atoms with Crippen molar-refractivity contribution in [1.82, 2.24) is 0 Å². The highest BCUT2D eigenvalue weighted by molar-refractivity contribution is 7.80. The third kappa shape index (κ3) is 12.6. The third-order valence-electron chi connectivity index (χ3n) is 6.01. The van der Waals surface area contributed by atoms with Crippen LogP contribution in [0.25, 0.3) is 0 Å². The average molecular weight is 447 g/mol. The van der Waals surface area contributed by atoms with E-state index in [0.717, 1.165) is 12.8 Å². The lowest BCUT2D eigenvalue weighted by molar-refractivity contribution is -0.190. The van der Waals surface area contributed by atoms with Gasteiger partial charge >= 0.3 is 0 Å². The molecule has 1 heterocycles. The van der Waals surface area contributed by atoms with Crippen LogP contribution in [0.2, 0.25) is 0 Å². The molecule has 0 radical (unpaired) electrons. The van der Waals surface area contributed by atoms with Gasteiger partial charge in [-0.15, -0.1) is 0 Å². The Balaban J connectivity index is 1.91. The quantitative estimate of drug-likeness (QED) is 0.201. The van der Waals surface area contributed by atoms with Crippen LogP contribution in [-0.4, -0.2) is 58.0 Å². The molecule has 0 spiro atoms. The van der Waals surface area contributed by atoms with Crippen LogP contribution in [0.1, 0.15) is 110 Å². The van der Waals surface area contributed by atoms with Gasteiger partial charge in [0.15, 0.2) is 11.2 Å². The first-order chi connectivity index (χ1) is 14.6. The second-order valence-corrected chi connectivity index (χ2v) is 9.22. The maximum atomic E-state index is 10.1. The van der Waals surface area contributed by atoms with Gasteiger partial charge in [0.2, 0.25) is 0 Å². The molecule has 0 aromatic heterocycles. The van der Waals surface area contributed by atoms with Crippen molar-refractivity contribution in [3.8, 4) is 0 Å². The first-order valence-electron chi connectivity index (χ1n) is 12.4. The van der Waals surface area contributed by atoms with Gasteiger partial charge in [-0.2, -0.15) is 0 Å². The molecule has 30 heavy (non-hydrogen) atoms. The predicted molar refractivity (Wildman–Crippen MR) is 126 cm³/mol. The Morgan fingerprint density at radius 3 is 1.77 bits per heavy atom. The Bertz CT molecular complexity index is 420. The van der Waals surface area contributed by atoms with Crippen molar-refractivity contribution in [2.24, 2.45) is 0 Å². The molecule has 1 fully saturated rings. The van der Waals surface area contributed by atoms with Crippen molar-refractivity contribution >= 4 is 17.3 Å². The average Bonchev–Trinajstić information content (AvgIpc) is 2.74. The summed E-state index contributed by atoms with van der Waals surface area (Å²) >= 11 is 5.27. The highest BCUT2D eigenvalue weighted by Crippen LogP contribution is 2.20. The number of aliphatic hydroxyl groups is 3. The van der Waals surface area contributed by atoms with Crippen LogP contribution in [-0.2, 0) is 9.47 Å². The summed E-state index contributed by atoms with van der Waals surface area (Å²) in [5, 5.41) is 29.7. The summed E-state index contributed by atoms with van der Waals surface area (Å²) in [7, 11) is 0. The molecule has 178 valence electrons. The van der Waals surface area contributed by atoms with E-state index in [9.17, 15) is 15.3 Å². The van der Waals surface area contributed by atoms with Crippen LogP contribution < -0.4 is 0 Å². The third-order valence-corrected chi connectivity index (χ3v) is 6.31. The van der Waals surface area contributed by atoms with Gasteiger partial charge in [0.1, 0.15) is 18.3 Å². The molecule has 4 atom stereocenters.